The second kappa shape index (κ2) is 6.06. The van der Waals surface area contributed by atoms with E-state index in [1.165, 1.54) is 17.7 Å². The zero-order valence-corrected chi connectivity index (χ0v) is 13.1. The van der Waals surface area contributed by atoms with E-state index in [-0.39, 0.29) is 5.91 Å². The molecular weight excluding hydrogens is 262 g/mol. The third-order valence-corrected chi connectivity index (χ3v) is 4.51. The molecule has 1 fully saturated rings. The number of fused-ring (bicyclic) bond motifs is 1. The Morgan fingerprint density at radius 1 is 1.19 bits per heavy atom. The van der Waals surface area contributed by atoms with Crippen LogP contribution in [0.1, 0.15) is 36.2 Å². The van der Waals surface area contributed by atoms with Gasteiger partial charge in [-0.2, -0.15) is 0 Å². The van der Waals surface area contributed by atoms with Crippen molar-refractivity contribution < 1.29 is 4.79 Å². The maximum absolute atomic E-state index is 12.6. The highest BCUT2D eigenvalue weighted by molar-refractivity contribution is 5.95. The first-order chi connectivity index (χ1) is 10.2. The summed E-state index contributed by atoms with van der Waals surface area (Å²) in [6, 6.07) is 6.75. The number of aryl methyl sites for hydroxylation is 1. The molecular formula is C17H25N3O. The lowest BCUT2D eigenvalue weighted by atomic mass is 9.98. The summed E-state index contributed by atoms with van der Waals surface area (Å²) >= 11 is 0. The van der Waals surface area contributed by atoms with Crippen LogP contribution in [0.4, 0.5) is 5.69 Å². The zero-order chi connectivity index (χ0) is 14.8. The molecule has 3 rings (SSSR count). The van der Waals surface area contributed by atoms with Crippen LogP contribution in [0.25, 0.3) is 0 Å². The van der Waals surface area contributed by atoms with E-state index in [1.807, 2.05) is 11.0 Å². The highest BCUT2D eigenvalue weighted by Crippen LogP contribution is 2.30. The number of anilines is 1. The number of carbonyl (C=O) groups excluding carboxylic acids is 1. The Morgan fingerprint density at radius 2 is 1.95 bits per heavy atom. The summed E-state index contributed by atoms with van der Waals surface area (Å²) in [6.45, 7) is 8.95. The molecule has 0 aliphatic carbocycles. The SMILES string of the molecule is CC(C)N1CCCc2ccc(C(=O)N3CCNCC3)cc21. The minimum Gasteiger partial charge on any atom is -0.369 e. The Morgan fingerprint density at radius 3 is 2.67 bits per heavy atom. The van der Waals surface area contributed by atoms with Crippen molar-refractivity contribution in [3.63, 3.8) is 0 Å². The number of hydrogen-bond donors (Lipinski definition) is 1. The van der Waals surface area contributed by atoms with Crippen LogP contribution < -0.4 is 10.2 Å². The molecule has 1 saturated heterocycles. The van der Waals surface area contributed by atoms with Gasteiger partial charge in [0, 0.05) is 50.0 Å². The van der Waals surface area contributed by atoms with Gasteiger partial charge < -0.3 is 15.1 Å². The Hall–Kier alpha value is -1.55. The van der Waals surface area contributed by atoms with Crippen LogP contribution in [-0.4, -0.2) is 49.6 Å². The molecule has 1 aromatic rings. The molecule has 0 unspecified atom stereocenters. The van der Waals surface area contributed by atoms with Gasteiger partial charge in [-0.15, -0.1) is 0 Å². The Labute approximate surface area is 127 Å². The molecule has 21 heavy (non-hydrogen) atoms. The van der Waals surface area contributed by atoms with E-state index < -0.39 is 0 Å². The van der Waals surface area contributed by atoms with E-state index in [0.29, 0.717) is 6.04 Å². The van der Waals surface area contributed by atoms with E-state index in [4.69, 9.17) is 0 Å². The molecule has 1 N–H and O–H groups in total. The number of hydrogen-bond acceptors (Lipinski definition) is 3. The third kappa shape index (κ3) is 2.91. The maximum Gasteiger partial charge on any atom is 0.254 e. The fourth-order valence-electron chi connectivity index (χ4n) is 3.32. The number of rotatable bonds is 2. The van der Waals surface area contributed by atoms with Gasteiger partial charge in [0.05, 0.1) is 0 Å². The highest BCUT2D eigenvalue weighted by Gasteiger charge is 2.23. The quantitative estimate of drug-likeness (QED) is 0.902. The average molecular weight is 287 g/mol. The summed E-state index contributed by atoms with van der Waals surface area (Å²) in [5, 5.41) is 3.29. The van der Waals surface area contributed by atoms with Gasteiger partial charge in [0.25, 0.3) is 5.91 Å². The van der Waals surface area contributed by atoms with Gasteiger partial charge in [-0.3, -0.25) is 4.79 Å². The first-order valence-corrected chi connectivity index (χ1v) is 8.06. The number of nitrogens with zero attached hydrogens (tertiary/aromatic N) is 2. The van der Waals surface area contributed by atoms with Crippen molar-refractivity contribution in [2.24, 2.45) is 0 Å². The standard InChI is InChI=1S/C17H25N3O/c1-13(2)20-9-3-4-14-5-6-15(12-16(14)20)17(21)19-10-7-18-8-11-19/h5-6,12-13,18H,3-4,7-11H2,1-2H3. The van der Waals surface area contributed by atoms with Crippen LogP contribution in [0.5, 0.6) is 0 Å². The summed E-state index contributed by atoms with van der Waals surface area (Å²) in [6.07, 6.45) is 2.33. The first-order valence-electron chi connectivity index (χ1n) is 8.06. The average Bonchev–Trinajstić information content (AvgIpc) is 2.53. The predicted molar refractivity (Wildman–Crippen MR) is 86.0 cm³/mol. The second-order valence-corrected chi connectivity index (χ2v) is 6.28. The fourth-order valence-corrected chi connectivity index (χ4v) is 3.32. The van der Waals surface area contributed by atoms with Crippen molar-refractivity contribution >= 4 is 11.6 Å². The van der Waals surface area contributed by atoms with Gasteiger partial charge in [0.1, 0.15) is 0 Å². The van der Waals surface area contributed by atoms with Gasteiger partial charge in [0.15, 0.2) is 0 Å². The molecule has 0 spiro atoms. The minimum atomic E-state index is 0.175. The van der Waals surface area contributed by atoms with E-state index in [2.05, 4.69) is 36.2 Å². The predicted octanol–water partition coefficient (Wildman–Crippen LogP) is 1.89. The van der Waals surface area contributed by atoms with E-state index in [1.54, 1.807) is 0 Å². The van der Waals surface area contributed by atoms with Crippen LogP contribution >= 0.6 is 0 Å². The van der Waals surface area contributed by atoms with Crippen LogP contribution in [-0.2, 0) is 6.42 Å². The molecule has 0 bridgehead atoms. The molecule has 4 nitrogen and oxygen atoms in total. The monoisotopic (exact) mass is 287 g/mol. The second-order valence-electron chi connectivity index (χ2n) is 6.28. The minimum absolute atomic E-state index is 0.175. The summed E-state index contributed by atoms with van der Waals surface area (Å²) < 4.78 is 0. The lowest BCUT2D eigenvalue weighted by molar-refractivity contribution is 0.0736. The van der Waals surface area contributed by atoms with Crippen molar-refractivity contribution in [3.8, 4) is 0 Å². The number of piperazine rings is 1. The van der Waals surface area contributed by atoms with Crippen LogP contribution in [0.3, 0.4) is 0 Å². The smallest absolute Gasteiger partial charge is 0.254 e. The maximum atomic E-state index is 12.6. The molecule has 0 atom stereocenters. The Balaban J connectivity index is 1.87. The van der Waals surface area contributed by atoms with E-state index in [9.17, 15) is 4.79 Å². The molecule has 0 saturated carbocycles. The third-order valence-electron chi connectivity index (χ3n) is 4.51. The van der Waals surface area contributed by atoms with Crippen LogP contribution in [0.2, 0.25) is 0 Å². The molecule has 1 amide bonds. The van der Waals surface area contributed by atoms with Crippen molar-refractivity contribution in [2.75, 3.05) is 37.6 Å². The normalized spacial score (nSPS) is 18.8. The van der Waals surface area contributed by atoms with Gasteiger partial charge in [0.2, 0.25) is 0 Å². The molecule has 2 heterocycles. The summed E-state index contributed by atoms with van der Waals surface area (Å²) in [5.41, 5.74) is 3.48. The van der Waals surface area contributed by atoms with Crippen molar-refractivity contribution in [3.05, 3.63) is 29.3 Å². The first kappa shape index (κ1) is 14.4. The van der Waals surface area contributed by atoms with Crippen molar-refractivity contribution in [1.82, 2.24) is 10.2 Å². The van der Waals surface area contributed by atoms with Gasteiger partial charge in [-0.05, 0) is 44.4 Å². The molecule has 0 aromatic heterocycles. The largest absolute Gasteiger partial charge is 0.369 e. The van der Waals surface area contributed by atoms with Crippen molar-refractivity contribution in [2.45, 2.75) is 32.7 Å². The Kier molecular flexibility index (Phi) is 4.15. The number of carbonyl (C=O) groups is 1. The molecule has 1 aromatic carbocycles. The molecule has 4 heteroatoms. The van der Waals surface area contributed by atoms with E-state index >= 15 is 0 Å². The highest BCUT2D eigenvalue weighted by atomic mass is 16.2. The van der Waals surface area contributed by atoms with Crippen LogP contribution in [0.15, 0.2) is 18.2 Å². The van der Waals surface area contributed by atoms with Gasteiger partial charge >= 0.3 is 0 Å². The molecule has 2 aliphatic rings. The van der Waals surface area contributed by atoms with E-state index in [0.717, 1.165) is 44.7 Å². The van der Waals surface area contributed by atoms with Gasteiger partial charge in [-0.1, -0.05) is 6.07 Å². The van der Waals surface area contributed by atoms with Gasteiger partial charge in [-0.25, -0.2) is 0 Å². The number of benzene rings is 1. The molecule has 0 radical (unpaired) electrons. The summed E-state index contributed by atoms with van der Waals surface area (Å²) in [5.74, 6) is 0.175. The lowest BCUT2D eigenvalue weighted by Crippen LogP contribution is -2.46. The Bertz CT molecular complexity index is 521. The zero-order valence-electron chi connectivity index (χ0n) is 13.1. The topological polar surface area (TPSA) is 35.6 Å². The molecule has 2 aliphatic heterocycles. The number of amides is 1. The molecule has 114 valence electrons. The van der Waals surface area contributed by atoms with Crippen LogP contribution in [0, 0.1) is 0 Å². The van der Waals surface area contributed by atoms with Crippen molar-refractivity contribution in [1.29, 1.82) is 0 Å². The number of nitrogens with one attached hydrogen (secondary N) is 1. The lowest BCUT2D eigenvalue weighted by Gasteiger charge is -2.35. The fraction of sp³-hybridized carbons (Fsp3) is 0.588. The summed E-state index contributed by atoms with van der Waals surface area (Å²) in [4.78, 5) is 17.0. The summed E-state index contributed by atoms with van der Waals surface area (Å²) in [7, 11) is 0.